The van der Waals surface area contributed by atoms with Crippen LogP contribution in [0.15, 0.2) is 94.5 Å². The van der Waals surface area contributed by atoms with Gasteiger partial charge in [0.1, 0.15) is 18.1 Å². The summed E-state index contributed by atoms with van der Waals surface area (Å²) in [5.41, 5.74) is 3.88. The molecular weight excluding hydrogens is 686 g/mol. The van der Waals surface area contributed by atoms with Gasteiger partial charge >= 0.3 is 5.69 Å². The number of carbonyl (C=O) groups excluding carboxylic acids is 2. The quantitative estimate of drug-likeness (QED) is 0.205. The summed E-state index contributed by atoms with van der Waals surface area (Å²) < 4.78 is 9.85. The molecule has 1 aliphatic heterocycles. The molecule has 0 aliphatic carbocycles. The van der Waals surface area contributed by atoms with Gasteiger partial charge < -0.3 is 20.3 Å². The lowest BCUT2D eigenvalue weighted by Gasteiger charge is -2.34. The predicted molar refractivity (Wildman–Crippen MR) is 191 cm³/mol. The van der Waals surface area contributed by atoms with Crippen LogP contribution in [0.4, 0.5) is 0 Å². The topological polar surface area (TPSA) is 123 Å². The number of imidazole rings is 1. The van der Waals surface area contributed by atoms with E-state index >= 15 is 0 Å². The predicted octanol–water partition coefficient (Wildman–Crippen LogP) is 5.13. The van der Waals surface area contributed by atoms with Gasteiger partial charge in [-0.25, -0.2) is 14.8 Å². The van der Waals surface area contributed by atoms with Crippen molar-refractivity contribution >= 4 is 27.7 Å². The van der Waals surface area contributed by atoms with E-state index in [1.165, 1.54) is 4.57 Å². The maximum atomic E-state index is 14.3. The highest BCUT2D eigenvalue weighted by Gasteiger charge is 2.35. The molecule has 2 atom stereocenters. The molecule has 0 spiro atoms. The van der Waals surface area contributed by atoms with Crippen molar-refractivity contribution in [2.24, 2.45) is 0 Å². The summed E-state index contributed by atoms with van der Waals surface area (Å²) in [4.78, 5) is 52.8. The number of hydrogen-bond acceptors (Lipinski definition) is 7. The second-order valence-electron chi connectivity index (χ2n) is 12.2. The molecule has 0 unspecified atom stereocenters. The molecule has 2 N–H and O–H groups in total. The minimum absolute atomic E-state index is 0.0810. The second kappa shape index (κ2) is 14.6. The Morgan fingerprint density at radius 2 is 1.78 bits per heavy atom. The van der Waals surface area contributed by atoms with Gasteiger partial charge in [0.05, 0.1) is 17.9 Å². The number of hydrogen-bond donors (Lipinski definition) is 2. The Bertz CT molecular complexity index is 2040. The number of rotatable bonds is 10. The van der Waals surface area contributed by atoms with Crippen molar-refractivity contribution in [3.8, 4) is 22.8 Å². The van der Waals surface area contributed by atoms with Crippen molar-refractivity contribution in [1.29, 1.82) is 0 Å². The molecule has 0 fully saturated rings. The van der Waals surface area contributed by atoms with Crippen LogP contribution in [-0.4, -0.2) is 61.6 Å². The maximum absolute atomic E-state index is 14.3. The van der Waals surface area contributed by atoms with E-state index in [0.29, 0.717) is 35.1 Å². The average molecular weight is 725 g/mol. The zero-order valence-electron chi connectivity index (χ0n) is 27.8. The molecular formula is C37H38BrN7O4. The smallest absolute Gasteiger partial charge is 0.333 e. The Kier molecular flexibility index (Phi) is 10.1. The van der Waals surface area contributed by atoms with E-state index in [-0.39, 0.29) is 49.0 Å². The van der Waals surface area contributed by atoms with Crippen LogP contribution in [0.25, 0.3) is 17.1 Å². The van der Waals surface area contributed by atoms with Gasteiger partial charge in [0.2, 0.25) is 0 Å². The third kappa shape index (κ3) is 7.06. The van der Waals surface area contributed by atoms with Crippen molar-refractivity contribution in [3.63, 3.8) is 0 Å². The Balaban J connectivity index is 1.37. The lowest BCUT2D eigenvalue weighted by atomic mass is 10.1. The van der Waals surface area contributed by atoms with E-state index < -0.39 is 5.91 Å². The second-order valence-corrected chi connectivity index (χ2v) is 13.0. The highest BCUT2D eigenvalue weighted by atomic mass is 79.9. The molecule has 1 aliphatic rings. The Labute approximate surface area is 293 Å². The number of nitrogens with one attached hydrogen (secondary N) is 2. The van der Waals surface area contributed by atoms with E-state index in [9.17, 15) is 14.4 Å². The van der Waals surface area contributed by atoms with Crippen molar-refractivity contribution < 1.29 is 14.3 Å². The molecule has 49 heavy (non-hydrogen) atoms. The summed E-state index contributed by atoms with van der Waals surface area (Å²) in [6.45, 7) is 6.82. The fourth-order valence-corrected chi connectivity index (χ4v) is 6.14. The lowest BCUT2D eigenvalue weighted by Crippen LogP contribution is -2.47. The molecule has 252 valence electrons. The molecule has 12 heteroatoms. The third-order valence-electron chi connectivity index (χ3n) is 8.78. The molecule has 2 amide bonds. The number of amides is 2. The van der Waals surface area contributed by atoms with Gasteiger partial charge in [-0.2, -0.15) is 0 Å². The molecule has 0 radical (unpaired) electrons. The molecule has 2 aromatic heterocycles. The molecule has 6 rings (SSSR count). The first-order chi connectivity index (χ1) is 23.7. The van der Waals surface area contributed by atoms with E-state index in [0.717, 1.165) is 21.2 Å². The van der Waals surface area contributed by atoms with Crippen LogP contribution >= 0.6 is 15.9 Å². The molecule has 0 bridgehead atoms. The van der Waals surface area contributed by atoms with Crippen LogP contribution in [0.1, 0.15) is 51.5 Å². The van der Waals surface area contributed by atoms with E-state index in [1.807, 2.05) is 64.2 Å². The summed E-state index contributed by atoms with van der Waals surface area (Å²) >= 11 is 3.51. The number of aromatic nitrogens is 4. The number of aryl methyl sites for hydroxylation is 1. The summed E-state index contributed by atoms with van der Waals surface area (Å²) in [6, 6.07) is 21.8. The monoisotopic (exact) mass is 723 g/mol. The normalized spacial score (nSPS) is 14.6. The van der Waals surface area contributed by atoms with Crippen LogP contribution in [0.3, 0.4) is 0 Å². The van der Waals surface area contributed by atoms with Gasteiger partial charge in [-0.1, -0.05) is 40.2 Å². The Morgan fingerprint density at radius 3 is 2.49 bits per heavy atom. The van der Waals surface area contributed by atoms with Gasteiger partial charge in [0.15, 0.2) is 5.82 Å². The van der Waals surface area contributed by atoms with Crippen molar-refractivity contribution in [1.82, 2.24) is 34.6 Å². The first-order valence-electron chi connectivity index (χ1n) is 16.1. The number of benzene rings is 3. The first kappa shape index (κ1) is 33.8. The van der Waals surface area contributed by atoms with Gasteiger partial charge in [-0.3, -0.25) is 18.7 Å². The number of likely N-dealkylation sites (N-methyl/N-ethyl adjacent to an activating group) is 1. The zero-order valence-corrected chi connectivity index (χ0v) is 29.4. The standard InChI is InChI=1S/C37H38BrN7O4/c1-23-18-26(10-15-31(23)38)36(47)43-21-32-33(35(46)42-19-27-8-5-6-9-30(27)34-40-16-7-17-41-34)45(37(48)44(32)20-25(43)3)28-11-13-29(14-12-28)49-22-24(2)39-4/h5-18,24-25,39H,19-22H2,1-4H3,(H,42,46)/t24-,25+/m1/s1. The van der Waals surface area contributed by atoms with Crippen molar-refractivity contribution in [3.05, 3.63) is 128 Å². The summed E-state index contributed by atoms with van der Waals surface area (Å²) in [5, 5.41) is 6.18. The summed E-state index contributed by atoms with van der Waals surface area (Å²) in [7, 11) is 1.87. The first-order valence-corrected chi connectivity index (χ1v) is 16.9. The average Bonchev–Trinajstić information content (AvgIpc) is 3.41. The number of halogens is 1. The highest BCUT2D eigenvalue weighted by Crippen LogP contribution is 2.27. The van der Waals surface area contributed by atoms with E-state index in [4.69, 9.17) is 4.74 Å². The number of carbonyl (C=O) groups is 2. The largest absolute Gasteiger partial charge is 0.492 e. The minimum Gasteiger partial charge on any atom is -0.492 e. The van der Waals surface area contributed by atoms with Crippen LogP contribution in [0.5, 0.6) is 5.75 Å². The third-order valence-corrected chi connectivity index (χ3v) is 9.67. The van der Waals surface area contributed by atoms with E-state index in [1.54, 1.807) is 58.3 Å². The van der Waals surface area contributed by atoms with Crippen LogP contribution in [0.2, 0.25) is 0 Å². The SMILES string of the molecule is CN[C@H](C)COc1ccc(-n2c(C(=O)NCc3ccccc3-c3ncccn3)c3n(c2=O)C[C@H](C)N(C(=O)c2ccc(Br)c(C)c2)C3)cc1. The highest BCUT2D eigenvalue weighted by molar-refractivity contribution is 9.10. The van der Waals surface area contributed by atoms with E-state index in [2.05, 4.69) is 36.5 Å². The number of fused-ring (bicyclic) bond motifs is 1. The van der Waals surface area contributed by atoms with Gasteiger partial charge in [0.25, 0.3) is 11.8 Å². The minimum atomic E-state index is -0.445. The Hall–Kier alpha value is -5.07. The molecule has 5 aromatic rings. The maximum Gasteiger partial charge on any atom is 0.333 e. The van der Waals surface area contributed by atoms with Crippen molar-refractivity contribution in [2.75, 3.05) is 13.7 Å². The van der Waals surface area contributed by atoms with Crippen LogP contribution < -0.4 is 21.1 Å². The molecule has 3 aromatic carbocycles. The summed E-state index contributed by atoms with van der Waals surface area (Å²) in [6.07, 6.45) is 3.34. The summed E-state index contributed by atoms with van der Waals surface area (Å²) in [5.74, 6) is 0.571. The number of nitrogens with zero attached hydrogens (tertiary/aromatic N) is 5. The molecule has 11 nitrogen and oxygen atoms in total. The van der Waals surface area contributed by atoms with Gasteiger partial charge in [0, 0.05) is 53.2 Å². The zero-order chi connectivity index (χ0) is 34.7. The van der Waals surface area contributed by atoms with Crippen LogP contribution in [-0.2, 0) is 19.6 Å². The molecule has 0 saturated heterocycles. The fraction of sp³-hybridized carbons (Fsp3) is 0.270. The molecule has 3 heterocycles. The van der Waals surface area contributed by atoms with Crippen molar-refractivity contribution in [2.45, 2.75) is 52.5 Å². The Morgan fingerprint density at radius 1 is 1.04 bits per heavy atom. The fourth-order valence-electron chi connectivity index (χ4n) is 5.89. The van der Waals surface area contributed by atoms with Gasteiger partial charge in [-0.15, -0.1) is 0 Å². The number of ether oxygens (including phenoxy) is 1. The molecule has 0 saturated carbocycles. The van der Waals surface area contributed by atoms with Crippen LogP contribution in [0, 0.1) is 6.92 Å². The lowest BCUT2D eigenvalue weighted by molar-refractivity contribution is 0.0610. The van der Waals surface area contributed by atoms with Gasteiger partial charge in [-0.05, 0) is 87.5 Å².